The maximum absolute atomic E-state index is 13.1. The summed E-state index contributed by atoms with van der Waals surface area (Å²) < 4.78 is 17.0. The Balaban J connectivity index is 1.53. The molecule has 1 N–H and O–H groups in total. The number of carbonyl (C=O) groups excluding carboxylic acids is 1. The average Bonchev–Trinajstić information content (AvgIpc) is 3.22. The number of methoxy groups -OCH3 is 1. The van der Waals surface area contributed by atoms with Crippen molar-refractivity contribution in [2.24, 2.45) is 4.99 Å². The number of aliphatic imine (C=N–C) groups is 1. The van der Waals surface area contributed by atoms with Gasteiger partial charge in [0.05, 0.1) is 29.9 Å². The van der Waals surface area contributed by atoms with Gasteiger partial charge in [-0.2, -0.15) is 0 Å². The molecule has 3 aromatic carbocycles. The monoisotopic (exact) mass is 532 g/mol. The summed E-state index contributed by atoms with van der Waals surface area (Å²) >= 11 is 1.33. The highest BCUT2D eigenvalue weighted by Gasteiger charge is 2.32. The standard InChI is InChI=1S/C29H28N2O6S/c1-4-31-27(32)26(38-29(31)30-22-11-13-23(35-3)14-12-22)17-20-8-15-24(25(16-20)36-5-2)37-18-19-6-9-21(10-7-19)28(33)34/h6-17H,4-5,18H2,1-3H3,(H,33,34)/b26-17-,30-29?. The second kappa shape index (κ2) is 12.3. The molecule has 0 unspecified atom stereocenters. The zero-order valence-electron chi connectivity index (χ0n) is 21.3. The molecule has 0 aliphatic carbocycles. The Kier molecular flexibility index (Phi) is 8.70. The number of carboxylic acids is 1. The van der Waals surface area contributed by atoms with Gasteiger partial charge in [0.2, 0.25) is 0 Å². The normalized spacial score (nSPS) is 15.2. The minimum atomic E-state index is -0.971. The lowest BCUT2D eigenvalue weighted by atomic mass is 10.1. The first-order chi connectivity index (χ1) is 18.4. The topological polar surface area (TPSA) is 97.7 Å². The van der Waals surface area contributed by atoms with E-state index in [1.165, 1.54) is 11.8 Å². The van der Waals surface area contributed by atoms with E-state index in [9.17, 15) is 9.59 Å². The van der Waals surface area contributed by atoms with Crippen LogP contribution in [0.1, 0.15) is 35.3 Å². The van der Waals surface area contributed by atoms with Crippen LogP contribution in [0.2, 0.25) is 0 Å². The van der Waals surface area contributed by atoms with Crippen LogP contribution in [0.4, 0.5) is 5.69 Å². The molecule has 1 aliphatic heterocycles. The fourth-order valence-corrected chi connectivity index (χ4v) is 4.76. The van der Waals surface area contributed by atoms with E-state index in [-0.39, 0.29) is 18.1 Å². The van der Waals surface area contributed by atoms with E-state index < -0.39 is 5.97 Å². The van der Waals surface area contributed by atoms with E-state index in [1.54, 1.807) is 42.3 Å². The van der Waals surface area contributed by atoms with Crippen LogP contribution in [-0.4, -0.2) is 47.3 Å². The van der Waals surface area contributed by atoms with Crippen LogP contribution in [0.15, 0.2) is 76.6 Å². The molecule has 196 valence electrons. The molecule has 0 spiro atoms. The lowest BCUT2D eigenvalue weighted by Crippen LogP contribution is -2.28. The van der Waals surface area contributed by atoms with Crippen LogP contribution < -0.4 is 14.2 Å². The smallest absolute Gasteiger partial charge is 0.335 e. The summed E-state index contributed by atoms with van der Waals surface area (Å²) in [5.74, 6) is 0.775. The first-order valence-electron chi connectivity index (χ1n) is 12.1. The van der Waals surface area contributed by atoms with Crippen molar-refractivity contribution in [1.82, 2.24) is 4.90 Å². The largest absolute Gasteiger partial charge is 0.497 e. The van der Waals surface area contributed by atoms with Gasteiger partial charge in [-0.1, -0.05) is 18.2 Å². The van der Waals surface area contributed by atoms with Crippen LogP contribution in [0, 0.1) is 0 Å². The first kappa shape index (κ1) is 26.8. The molecule has 1 amide bonds. The highest BCUT2D eigenvalue weighted by atomic mass is 32.2. The molecule has 0 saturated carbocycles. The predicted octanol–water partition coefficient (Wildman–Crippen LogP) is 6.00. The summed E-state index contributed by atoms with van der Waals surface area (Å²) in [5.41, 5.74) is 2.59. The van der Waals surface area contributed by atoms with Crippen molar-refractivity contribution in [2.45, 2.75) is 20.5 Å². The third-order valence-corrected chi connectivity index (χ3v) is 6.67. The molecule has 9 heteroatoms. The third-order valence-electron chi connectivity index (χ3n) is 5.66. The average molecular weight is 533 g/mol. The van der Waals surface area contributed by atoms with Crippen molar-refractivity contribution in [3.8, 4) is 17.2 Å². The van der Waals surface area contributed by atoms with Gasteiger partial charge >= 0.3 is 5.97 Å². The van der Waals surface area contributed by atoms with E-state index in [2.05, 4.69) is 4.99 Å². The number of nitrogens with zero attached hydrogens (tertiary/aromatic N) is 2. The summed E-state index contributed by atoms with van der Waals surface area (Å²) in [6.45, 7) is 5.00. The summed E-state index contributed by atoms with van der Waals surface area (Å²) in [4.78, 5) is 31.0. The molecule has 0 atom stereocenters. The number of carboxylic acid groups (broad SMARTS) is 1. The maximum atomic E-state index is 13.1. The minimum absolute atomic E-state index is 0.104. The van der Waals surface area contributed by atoms with E-state index in [1.807, 2.05) is 56.3 Å². The lowest BCUT2D eigenvalue weighted by Gasteiger charge is -2.13. The van der Waals surface area contributed by atoms with Gasteiger partial charge in [-0.05, 0) is 91.3 Å². The predicted molar refractivity (Wildman–Crippen MR) is 148 cm³/mol. The highest BCUT2D eigenvalue weighted by molar-refractivity contribution is 8.18. The molecule has 8 nitrogen and oxygen atoms in total. The van der Waals surface area contributed by atoms with Gasteiger partial charge in [-0.25, -0.2) is 9.79 Å². The summed E-state index contributed by atoms with van der Waals surface area (Å²) in [6, 6.07) is 19.4. The van der Waals surface area contributed by atoms with E-state index in [0.29, 0.717) is 34.7 Å². The number of benzene rings is 3. The van der Waals surface area contributed by atoms with Crippen LogP contribution >= 0.6 is 11.8 Å². The Morgan fingerprint density at radius 3 is 2.37 bits per heavy atom. The maximum Gasteiger partial charge on any atom is 0.335 e. The number of hydrogen-bond donors (Lipinski definition) is 1. The number of hydrogen-bond acceptors (Lipinski definition) is 7. The molecule has 0 aromatic heterocycles. The minimum Gasteiger partial charge on any atom is -0.497 e. The number of thioether (sulfide) groups is 1. The van der Waals surface area contributed by atoms with Crippen LogP contribution in [-0.2, 0) is 11.4 Å². The zero-order chi connectivity index (χ0) is 27.1. The number of aromatic carboxylic acids is 1. The van der Waals surface area contributed by atoms with Crippen molar-refractivity contribution in [1.29, 1.82) is 0 Å². The van der Waals surface area contributed by atoms with Crippen molar-refractivity contribution < 1.29 is 28.9 Å². The number of ether oxygens (including phenoxy) is 3. The van der Waals surface area contributed by atoms with E-state index in [0.717, 1.165) is 22.6 Å². The lowest BCUT2D eigenvalue weighted by molar-refractivity contribution is -0.122. The van der Waals surface area contributed by atoms with Crippen LogP contribution in [0.5, 0.6) is 17.2 Å². The highest BCUT2D eigenvalue weighted by Crippen LogP contribution is 2.36. The number of likely N-dealkylation sites (N-methyl/N-ethyl adjacent to an activating group) is 1. The summed E-state index contributed by atoms with van der Waals surface area (Å²) in [7, 11) is 1.61. The fraction of sp³-hybridized carbons (Fsp3) is 0.207. The van der Waals surface area contributed by atoms with Gasteiger partial charge in [0.1, 0.15) is 12.4 Å². The molecule has 1 aliphatic rings. The Morgan fingerprint density at radius 2 is 1.74 bits per heavy atom. The summed E-state index contributed by atoms with van der Waals surface area (Å²) in [5, 5.41) is 9.68. The van der Waals surface area contributed by atoms with Gasteiger partial charge in [-0.15, -0.1) is 0 Å². The van der Waals surface area contributed by atoms with E-state index >= 15 is 0 Å². The summed E-state index contributed by atoms with van der Waals surface area (Å²) in [6.07, 6.45) is 1.82. The molecule has 3 aromatic rings. The van der Waals surface area contributed by atoms with Gasteiger partial charge in [0, 0.05) is 6.54 Å². The molecular weight excluding hydrogens is 504 g/mol. The molecule has 0 bridgehead atoms. The molecular formula is C29H28N2O6S. The number of amides is 1. The Morgan fingerprint density at radius 1 is 1.00 bits per heavy atom. The van der Waals surface area contributed by atoms with E-state index in [4.69, 9.17) is 19.3 Å². The van der Waals surface area contributed by atoms with Crippen molar-refractivity contribution in [3.05, 3.63) is 88.3 Å². The second-order valence-corrected chi connectivity index (χ2v) is 9.19. The third kappa shape index (κ3) is 6.36. The molecule has 38 heavy (non-hydrogen) atoms. The molecule has 1 saturated heterocycles. The van der Waals surface area contributed by atoms with Crippen LogP contribution in [0.3, 0.4) is 0 Å². The number of amidine groups is 1. The Hall–Kier alpha value is -4.24. The second-order valence-electron chi connectivity index (χ2n) is 8.18. The van der Waals surface area contributed by atoms with Gasteiger partial charge in [0.25, 0.3) is 5.91 Å². The molecule has 1 fully saturated rings. The Bertz CT molecular complexity index is 1370. The Labute approximate surface area is 225 Å². The molecule has 4 rings (SSSR count). The number of carbonyl (C=O) groups is 2. The van der Waals surface area contributed by atoms with Gasteiger partial charge in [-0.3, -0.25) is 9.69 Å². The molecule has 0 radical (unpaired) electrons. The first-order valence-corrected chi connectivity index (χ1v) is 12.9. The fourth-order valence-electron chi connectivity index (χ4n) is 3.70. The molecule has 1 heterocycles. The zero-order valence-corrected chi connectivity index (χ0v) is 22.2. The quantitative estimate of drug-likeness (QED) is 0.320. The van der Waals surface area contributed by atoms with Crippen molar-refractivity contribution in [2.75, 3.05) is 20.3 Å². The van der Waals surface area contributed by atoms with Crippen molar-refractivity contribution >= 4 is 40.6 Å². The number of rotatable bonds is 10. The van der Waals surface area contributed by atoms with Gasteiger partial charge < -0.3 is 19.3 Å². The SMILES string of the molecule is CCOc1cc(/C=C2\SC(=Nc3ccc(OC)cc3)N(CC)C2=O)ccc1OCc1ccc(C(=O)O)cc1. The van der Waals surface area contributed by atoms with Gasteiger partial charge in [0.15, 0.2) is 16.7 Å². The van der Waals surface area contributed by atoms with Crippen molar-refractivity contribution in [3.63, 3.8) is 0 Å². The van der Waals surface area contributed by atoms with Crippen LogP contribution in [0.25, 0.3) is 6.08 Å².